The van der Waals surface area contributed by atoms with Crippen molar-refractivity contribution in [1.29, 1.82) is 0 Å². The zero-order chi connectivity index (χ0) is 14.8. The van der Waals surface area contributed by atoms with Crippen molar-refractivity contribution in [3.8, 4) is 0 Å². The number of thiophene rings is 1. The van der Waals surface area contributed by atoms with E-state index in [1.807, 2.05) is 13.8 Å². The van der Waals surface area contributed by atoms with Crippen LogP contribution in [0.25, 0.3) is 0 Å². The number of thiocarbonyl (C=S) groups is 1. The monoisotopic (exact) mass is 310 g/mol. The van der Waals surface area contributed by atoms with Crippen molar-refractivity contribution >= 4 is 34.5 Å². The third-order valence-corrected chi connectivity index (χ3v) is 5.86. The van der Waals surface area contributed by atoms with Gasteiger partial charge in [0.05, 0.1) is 16.4 Å². The highest BCUT2D eigenvalue weighted by atomic mass is 32.1. The van der Waals surface area contributed by atoms with Crippen LogP contribution in [0.1, 0.15) is 56.0 Å². The normalized spacial score (nSPS) is 18.4. The number of aryl methyl sites for hydroxylation is 1. The van der Waals surface area contributed by atoms with Gasteiger partial charge < -0.3 is 11.1 Å². The summed E-state index contributed by atoms with van der Waals surface area (Å²) >= 11 is 6.93. The van der Waals surface area contributed by atoms with Gasteiger partial charge in [-0.05, 0) is 49.1 Å². The molecule has 0 bridgehead atoms. The summed E-state index contributed by atoms with van der Waals surface area (Å²) in [5, 5.41) is 5.29. The largest absolute Gasteiger partial charge is 0.392 e. The lowest BCUT2D eigenvalue weighted by molar-refractivity contribution is -0.128. The molecular formula is C15H22N2OS2. The topological polar surface area (TPSA) is 55.1 Å². The van der Waals surface area contributed by atoms with E-state index in [2.05, 4.69) is 16.8 Å². The Hall–Kier alpha value is -0.940. The van der Waals surface area contributed by atoms with E-state index in [1.165, 1.54) is 10.4 Å². The van der Waals surface area contributed by atoms with E-state index in [9.17, 15) is 4.79 Å². The third kappa shape index (κ3) is 2.61. The number of hydrogen-bond donors (Lipinski definition) is 2. The summed E-state index contributed by atoms with van der Waals surface area (Å²) in [4.78, 5) is 14.4. The molecule has 110 valence electrons. The minimum absolute atomic E-state index is 0.0148. The van der Waals surface area contributed by atoms with E-state index in [0.29, 0.717) is 17.8 Å². The molecule has 2 rings (SSSR count). The lowest BCUT2D eigenvalue weighted by atomic mass is 9.80. The fourth-order valence-corrected chi connectivity index (χ4v) is 4.33. The minimum Gasteiger partial charge on any atom is -0.392 e. The molecule has 5 heteroatoms. The van der Waals surface area contributed by atoms with E-state index in [-0.39, 0.29) is 11.9 Å². The first-order valence-electron chi connectivity index (χ1n) is 7.22. The standard InChI is InChI=1S/C15H22N2OS2/c1-3-15(4-2,13(16)19)14(18)17-11-6-5-7-12-10(11)8-9-20-12/h8-9,11H,3-7H2,1-2H3,(H2,16,19)(H,17,18). The van der Waals surface area contributed by atoms with Crippen LogP contribution in [0.3, 0.4) is 0 Å². The van der Waals surface area contributed by atoms with Gasteiger partial charge in [-0.3, -0.25) is 4.79 Å². The van der Waals surface area contributed by atoms with Gasteiger partial charge in [0, 0.05) is 4.88 Å². The summed E-state index contributed by atoms with van der Waals surface area (Å²) < 4.78 is 0. The molecule has 3 N–H and O–H groups in total. The van der Waals surface area contributed by atoms with E-state index in [0.717, 1.165) is 19.3 Å². The van der Waals surface area contributed by atoms with Gasteiger partial charge in [0.2, 0.25) is 5.91 Å². The fourth-order valence-electron chi connectivity index (χ4n) is 2.96. The van der Waals surface area contributed by atoms with Gasteiger partial charge >= 0.3 is 0 Å². The average Bonchev–Trinajstić information content (AvgIpc) is 2.90. The Labute approximate surface area is 129 Å². The second kappa shape index (κ2) is 6.22. The van der Waals surface area contributed by atoms with Crippen LogP contribution in [-0.2, 0) is 11.2 Å². The van der Waals surface area contributed by atoms with Gasteiger partial charge in [-0.2, -0.15) is 0 Å². The quantitative estimate of drug-likeness (QED) is 0.820. The number of hydrogen-bond acceptors (Lipinski definition) is 3. The van der Waals surface area contributed by atoms with Crippen LogP contribution in [0.5, 0.6) is 0 Å². The van der Waals surface area contributed by atoms with Gasteiger partial charge in [0.1, 0.15) is 0 Å². The SMILES string of the molecule is CCC(CC)(C(=O)NC1CCCc2sccc21)C(N)=S. The molecule has 1 aromatic rings. The number of rotatable bonds is 5. The van der Waals surface area contributed by atoms with Crippen LogP contribution in [0.15, 0.2) is 11.4 Å². The highest BCUT2D eigenvalue weighted by Crippen LogP contribution is 2.35. The molecule has 0 aliphatic heterocycles. The van der Waals surface area contributed by atoms with Crippen LogP contribution in [0.4, 0.5) is 0 Å². The van der Waals surface area contributed by atoms with Crippen molar-refractivity contribution < 1.29 is 4.79 Å². The molecule has 0 saturated carbocycles. The van der Waals surface area contributed by atoms with Crippen molar-refractivity contribution in [3.63, 3.8) is 0 Å². The first-order valence-corrected chi connectivity index (χ1v) is 8.51. The molecule has 0 aromatic carbocycles. The Morgan fingerprint density at radius 1 is 1.55 bits per heavy atom. The molecule has 1 heterocycles. The van der Waals surface area contributed by atoms with Crippen LogP contribution in [-0.4, -0.2) is 10.9 Å². The lowest BCUT2D eigenvalue weighted by Crippen LogP contribution is -2.49. The van der Waals surface area contributed by atoms with Gasteiger partial charge in [0.25, 0.3) is 0 Å². The molecule has 0 spiro atoms. The molecule has 1 unspecified atom stereocenters. The molecule has 1 aliphatic rings. The summed E-state index contributed by atoms with van der Waals surface area (Å²) in [6, 6.07) is 2.24. The van der Waals surface area contributed by atoms with Crippen LogP contribution in [0, 0.1) is 5.41 Å². The highest BCUT2D eigenvalue weighted by molar-refractivity contribution is 7.80. The number of carbonyl (C=O) groups is 1. The highest BCUT2D eigenvalue weighted by Gasteiger charge is 2.39. The van der Waals surface area contributed by atoms with Gasteiger partial charge in [0.15, 0.2) is 0 Å². The summed E-state index contributed by atoms with van der Waals surface area (Å²) in [7, 11) is 0. The zero-order valence-electron chi connectivity index (χ0n) is 12.1. The summed E-state index contributed by atoms with van der Waals surface area (Å²) in [5.41, 5.74) is 6.42. The second-order valence-electron chi connectivity index (χ2n) is 5.37. The summed E-state index contributed by atoms with van der Waals surface area (Å²) in [5.74, 6) is -0.0148. The molecule has 1 amide bonds. The van der Waals surface area contributed by atoms with Crippen LogP contribution >= 0.6 is 23.6 Å². The Morgan fingerprint density at radius 3 is 2.85 bits per heavy atom. The van der Waals surface area contributed by atoms with Crippen molar-refractivity contribution in [2.75, 3.05) is 0 Å². The predicted molar refractivity (Wildman–Crippen MR) is 87.9 cm³/mol. The molecule has 1 aromatic heterocycles. The predicted octanol–water partition coefficient (Wildman–Crippen LogP) is 3.33. The first kappa shape index (κ1) is 15.4. The average molecular weight is 310 g/mol. The lowest BCUT2D eigenvalue weighted by Gasteiger charge is -2.32. The zero-order valence-corrected chi connectivity index (χ0v) is 13.7. The number of carbonyl (C=O) groups excluding carboxylic acids is 1. The third-order valence-electron chi connectivity index (χ3n) is 4.47. The number of nitrogens with two attached hydrogens (primary N) is 1. The van der Waals surface area contributed by atoms with Gasteiger partial charge in [-0.15, -0.1) is 11.3 Å². The smallest absolute Gasteiger partial charge is 0.233 e. The molecular weight excluding hydrogens is 288 g/mol. The minimum atomic E-state index is -0.705. The molecule has 3 nitrogen and oxygen atoms in total. The maximum atomic E-state index is 12.7. The van der Waals surface area contributed by atoms with E-state index in [1.54, 1.807) is 11.3 Å². The maximum absolute atomic E-state index is 12.7. The molecule has 0 radical (unpaired) electrons. The number of fused-ring (bicyclic) bond motifs is 1. The second-order valence-corrected chi connectivity index (χ2v) is 6.81. The van der Waals surface area contributed by atoms with Crippen LogP contribution in [0.2, 0.25) is 0 Å². The Morgan fingerprint density at radius 2 is 2.25 bits per heavy atom. The number of nitrogens with one attached hydrogen (secondary N) is 1. The first-order chi connectivity index (χ1) is 9.55. The summed E-state index contributed by atoms with van der Waals surface area (Å²) in [6.45, 7) is 3.94. The molecule has 0 fully saturated rings. The van der Waals surface area contributed by atoms with Crippen molar-refractivity contribution in [2.24, 2.45) is 11.1 Å². The van der Waals surface area contributed by atoms with Crippen molar-refractivity contribution in [2.45, 2.75) is 52.0 Å². The number of amides is 1. The van der Waals surface area contributed by atoms with Crippen molar-refractivity contribution in [1.82, 2.24) is 5.32 Å². The van der Waals surface area contributed by atoms with E-state index in [4.69, 9.17) is 18.0 Å². The Kier molecular flexibility index (Phi) is 4.81. The van der Waals surface area contributed by atoms with Gasteiger partial charge in [-0.25, -0.2) is 0 Å². The van der Waals surface area contributed by atoms with E-state index >= 15 is 0 Å². The fraction of sp³-hybridized carbons (Fsp3) is 0.600. The maximum Gasteiger partial charge on any atom is 0.233 e. The summed E-state index contributed by atoms with van der Waals surface area (Å²) in [6.07, 6.45) is 4.54. The van der Waals surface area contributed by atoms with Crippen LogP contribution < -0.4 is 11.1 Å². The molecule has 1 atom stereocenters. The van der Waals surface area contributed by atoms with E-state index < -0.39 is 5.41 Å². The van der Waals surface area contributed by atoms with Gasteiger partial charge in [-0.1, -0.05) is 26.1 Å². The molecule has 20 heavy (non-hydrogen) atoms. The Balaban J connectivity index is 2.19. The van der Waals surface area contributed by atoms with Crippen molar-refractivity contribution in [3.05, 3.63) is 21.9 Å². The molecule has 1 aliphatic carbocycles. The molecule has 0 saturated heterocycles. The Bertz CT molecular complexity index is 506.